The number of halogens is 2. The van der Waals surface area contributed by atoms with E-state index in [2.05, 4.69) is 68.3 Å². The van der Waals surface area contributed by atoms with Gasteiger partial charge in [0.25, 0.3) is 0 Å². The van der Waals surface area contributed by atoms with Gasteiger partial charge in [-0.15, -0.1) is 0 Å². The zero-order chi connectivity index (χ0) is 11.1. The van der Waals surface area contributed by atoms with Crippen LogP contribution < -0.4 is 0 Å². The molecule has 0 saturated carbocycles. The first kappa shape index (κ1) is 10.3. The second-order valence-electron chi connectivity index (χ2n) is 3.65. The molecule has 3 aromatic carbocycles. The third-order valence-corrected chi connectivity index (χ3v) is 4.45. The standard InChI is InChI=1S/C14H7Br2/c15-13-9-5-1-2-6-10(9)14(16)12-8-4-3-7-11(12)13/h1-3,5-8H. The minimum absolute atomic E-state index is 1.14. The van der Waals surface area contributed by atoms with Gasteiger partial charge in [0.2, 0.25) is 0 Å². The molecule has 0 nitrogen and oxygen atoms in total. The lowest BCUT2D eigenvalue weighted by atomic mass is 10.0. The summed E-state index contributed by atoms with van der Waals surface area (Å²) in [7, 11) is 0. The summed E-state index contributed by atoms with van der Waals surface area (Å²) in [6.07, 6.45) is 0. The molecule has 0 unspecified atom stereocenters. The summed E-state index contributed by atoms with van der Waals surface area (Å²) in [5, 5.41) is 4.85. The Kier molecular flexibility index (Phi) is 2.49. The minimum Gasteiger partial charge on any atom is -0.0616 e. The molecule has 0 aliphatic carbocycles. The second-order valence-corrected chi connectivity index (χ2v) is 5.23. The molecule has 0 spiro atoms. The molecule has 0 aliphatic rings. The van der Waals surface area contributed by atoms with Gasteiger partial charge in [-0.05, 0) is 65.5 Å². The molecule has 0 atom stereocenters. The molecule has 0 heterocycles. The third-order valence-electron chi connectivity index (χ3n) is 2.74. The lowest BCUT2D eigenvalue weighted by Gasteiger charge is -2.08. The van der Waals surface area contributed by atoms with E-state index in [1.54, 1.807) is 0 Å². The van der Waals surface area contributed by atoms with Crippen LogP contribution in [0.3, 0.4) is 0 Å². The molecule has 0 N–H and O–H groups in total. The first-order valence-electron chi connectivity index (χ1n) is 4.94. The van der Waals surface area contributed by atoms with Gasteiger partial charge in [-0.25, -0.2) is 0 Å². The Labute approximate surface area is 111 Å². The maximum atomic E-state index is 3.68. The molecule has 3 aromatic rings. The Morgan fingerprint density at radius 2 is 1.31 bits per heavy atom. The van der Waals surface area contributed by atoms with Crippen LogP contribution in [0.25, 0.3) is 21.5 Å². The van der Waals surface area contributed by atoms with Crippen molar-refractivity contribution in [3.05, 3.63) is 57.5 Å². The predicted molar refractivity (Wildman–Crippen MR) is 75.7 cm³/mol. The highest BCUT2D eigenvalue weighted by Crippen LogP contribution is 2.38. The fourth-order valence-electron chi connectivity index (χ4n) is 1.96. The van der Waals surface area contributed by atoms with E-state index < -0.39 is 0 Å². The summed E-state index contributed by atoms with van der Waals surface area (Å²) in [5.74, 6) is 0. The highest BCUT2D eigenvalue weighted by atomic mass is 79.9. The van der Waals surface area contributed by atoms with Crippen molar-refractivity contribution in [2.75, 3.05) is 0 Å². The lowest BCUT2D eigenvalue weighted by molar-refractivity contribution is 1.71. The van der Waals surface area contributed by atoms with Crippen LogP contribution in [-0.2, 0) is 0 Å². The average molecular weight is 335 g/mol. The topological polar surface area (TPSA) is 0 Å². The summed E-state index contributed by atoms with van der Waals surface area (Å²) in [4.78, 5) is 0. The molecule has 0 fully saturated rings. The SMILES string of the molecule is Brc1c2c[c]ccc2c(Br)c2ccccc12. The molecular formula is C14H7Br2. The van der Waals surface area contributed by atoms with Crippen LogP contribution in [-0.4, -0.2) is 0 Å². The Morgan fingerprint density at radius 3 is 2.00 bits per heavy atom. The van der Waals surface area contributed by atoms with Crippen molar-refractivity contribution in [3.8, 4) is 0 Å². The molecule has 3 rings (SSSR count). The number of hydrogen-bond acceptors (Lipinski definition) is 0. The lowest BCUT2D eigenvalue weighted by Crippen LogP contribution is -1.81. The molecule has 0 aliphatic heterocycles. The van der Waals surface area contributed by atoms with Crippen molar-refractivity contribution in [2.24, 2.45) is 0 Å². The average Bonchev–Trinajstić information content (AvgIpc) is 2.36. The van der Waals surface area contributed by atoms with E-state index >= 15 is 0 Å². The minimum atomic E-state index is 1.14. The van der Waals surface area contributed by atoms with E-state index in [-0.39, 0.29) is 0 Å². The van der Waals surface area contributed by atoms with E-state index in [1.807, 2.05) is 12.1 Å². The van der Waals surface area contributed by atoms with Crippen molar-refractivity contribution in [1.82, 2.24) is 0 Å². The third kappa shape index (κ3) is 1.40. The number of fused-ring (bicyclic) bond motifs is 2. The highest BCUT2D eigenvalue weighted by Gasteiger charge is 2.09. The summed E-state index contributed by atoms with van der Waals surface area (Å²) in [6, 6.07) is 17.5. The van der Waals surface area contributed by atoms with Crippen LogP contribution in [0.1, 0.15) is 0 Å². The van der Waals surface area contributed by atoms with Gasteiger partial charge in [0.05, 0.1) is 0 Å². The van der Waals surface area contributed by atoms with E-state index in [4.69, 9.17) is 0 Å². The monoisotopic (exact) mass is 333 g/mol. The zero-order valence-electron chi connectivity index (χ0n) is 8.30. The molecule has 0 aromatic heterocycles. The van der Waals surface area contributed by atoms with Crippen molar-refractivity contribution in [1.29, 1.82) is 0 Å². The Morgan fingerprint density at radius 1 is 0.750 bits per heavy atom. The van der Waals surface area contributed by atoms with Crippen molar-refractivity contribution < 1.29 is 0 Å². The van der Waals surface area contributed by atoms with E-state index in [0.717, 1.165) is 8.95 Å². The zero-order valence-corrected chi connectivity index (χ0v) is 11.5. The largest absolute Gasteiger partial charge is 0.0616 e. The summed E-state index contributed by atoms with van der Waals surface area (Å²) < 4.78 is 2.29. The van der Waals surface area contributed by atoms with Crippen LogP contribution in [0, 0.1) is 6.07 Å². The summed E-state index contributed by atoms with van der Waals surface area (Å²) in [6.45, 7) is 0. The van der Waals surface area contributed by atoms with Gasteiger partial charge in [-0.2, -0.15) is 0 Å². The number of rotatable bonds is 0. The maximum absolute atomic E-state index is 3.68. The highest BCUT2D eigenvalue weighted by molar-refractivity contribution is 9.11. The Bertz CT molecular complexity index is 570. The van der Waals surface area contributed by atoms with Gasteiger partial charge in [-0.3, -0.25) is 0 Å². The first-order chi connectivity index (χ1) is 7.79. The summed E-state index contributed by atoms with van der Waals surface area (Å²) >= 11 is 7.36. The van der Waals surface area contributed by atoms with Crippen molar-refractivity contribution >= 4 is 53.4 Å². The first-order valence-corrected chi connectivity index (χ1v) is 6.53. The fourth-order valence-corrected chi connectivity index (χ4v) is 3.32. The fraction of sp³-hybridized carbons (Fsp3) is 0. The molecule has 2 heteroatoms. The summed E-state index contributed by atoms with van der Waals surface area (Å²) in [5.41, 5.74) is 0. The predicted octanol–water partition coefficient (Wildman–Crippen LogP) is 5.32. The molecule has 0 saturated heterocycles. The van der Waals surface area contributed by atoms with E-state index in [1.165, 1.54) is 21.5 Å². The Hall–Kier alpha value is -0.860. The second kappa shape index (κ2) is 3.86. The van der Waals surface area contributed by atoms with Gasteiger partial charge in [0.1, 0.15) is 0 Å². The van der Waals surface area contributed by atoms with Gasteiger partial charge in [0, 0.05) is 8.95 Å². The molecule has 77 valence electrons. The van der Waals surface area contributed by atoms with Crippen molar-refractivity contribution in [3.63, 3.8) is 0 Å². The smallest absolute Gasteiger partial charge is 0.0333 e. The number of hydrogen-bond donors (Lipinski definition) is 0. The van der Waals surface area contributed by atoms with Gasteiger partial charge < -0.3 is 0 Å². The molecule has 1 radical (unpaired) electrons. The van der Waals surface area contributed by atoms with E-state index in [0.29, 0.717) is 0 Å². The normalized spacial score (nSPS) is 11.1. The van der Waals surface area contributed by atoms with Crippen LogP contribution in [0.2, 0.25) is 0 Å². The van der Waals surface area contributed by atoms with Crippen molar-refractivity contribution in [2.45, 2.75) is 0 Å². The quantitative estimate of drug-likeness (QED) is 0.488. The van der Waals surface area contributed by atoms with Crippen LogP contribution >= 0.6 is 31.9 Å². The maximum Gasteiger partial charge on any atom is 0.0333 e. The van der Waals surface area contributed by atoms with Crippen LogP contribution in [0.5, 0.6) is 0 Å². The van der Waals surface area contributed by atoms with E-state index in [9.17, 15) is 0 Å². The van der Waals surface area contributed by atoms with Gasteiger partial charge in [0.15, 0.2) is 0 Å². The Balaban J connectivity index is 2.67. The van der Waals surface area contributed by atoms with Gasteiger partial charge >= 0.3 is 0 Å². The number of benzene rings is 3. The molecular weight excluding hydrogens is 328 g/mol. The molecule has 0 amide bonds. The van der Waals surface area contributed by atoms with Gasteiger partial charge in [-0.1, -0.05) is 36.4 Å². The molecule has 16 heavy (non-hydrogen) atoms. The molecule has 0 bridgehead atoms. The van der Waals surface area contributed by atoms with Crippen LogP contribution in [0.4, 0.5) is 0 Å². The van der Waals surface area contributed by atoms with Crippen LogP contribution in [0.15, 0.2) is 51.4 Å².